The van der Waals surface area contributed by atoms with Crippen LogP contribution in [0.2, 0.25) is 0 Å². The summed E-state index contributed by atoms with van der Waals surface area (Å²) < 4.78 is 26.1. The summed E-state index contributed by atoms with van der Waals surface area (Å²) in [6, 6.07) is 3.50. The SMILES string of the molecule is COC(=O)c1cc(Oc2ncc(C=O)cc2Br)c(F)cc1N(C(=O)C1CCC(C)CC1)C(C)C. The molecule has 0 spiro atoms. The first-order chi connectivity index (χ1) is 16.2. The number of benzene rings is 1. The van der Waals surface area contributed by atoms with Crippen LogP contribution >= 0.6 is 15.9 Å². The van der Waals surface area contributed by atoms with Gasteiger partial charge >= 0.3 is 5.97 Å². The molecule has 2 aromatic rings. The fraction of sp³-hybridized carbons (Fsp3) is 0.440. The van der Waals surface area contributed by atoms with Gasteiger partial charge in [0, 0.05) is 35.9 Å². The molecular weight excluding hydrogens is 507 g/mol. The quantitative estimate of drug-likeness (QED) is 0.322. The maximum atomic E-state index is 15.2. The van der Waals surface area contributed by atoms with Crippen LogP contribution in [0.1, 0.15) is 67.2 Å². The van der Waals surface area contributed by atoms with Gasteiger partial charge in [-0.25, -0.2) is 14.2 Å². The van der Waals surface area contributed by atoms with Crippen LogP contribution in [-0.2, 0) is 9.53 Å². The second-order valence-electron chi connectivity index (χ2n) is 8.83. The van der Waals surface area contributed by atoms with Crippen LogP contribution in [0.3, 0.4) is 0 Å². The molecule has 34 heavy (non-hydrogen) atoms. The largest absolute Gasteiger partial charge is 0.465 e. The summed E-state index contributed by atoms with van der Waals surface area (Å²) in [5, 5.41) is 0. The fourth-order valence-electron chi connectivity index (χ4n) is 4.13. The van der Waals surface area contributed by atoms with Gasteiger partial charge in [0.1, 0.15) is 0 Å². The van der Waals surface area contributed by atoms with Gasteiger partial charge in [0.15, 0.2) is 17.9 Å². The van der Waals surface area contributed by atoms with Crippen LogP contribution in [0.15, 0.2) is 28.9 Å². The number of halogens is 2. The standard InChI is InChI=1S/C25H28BrFN2O5/c1-14(2)29(24(31)17-7-5-15(3)6-8-17)21-11-20(27)22(10-18(21)25(32)33-4)34-23-19(26)9-16(13-30)12-28-23/h9-15,17H,5-8H2,1-4H3. The number of esters is 1. The minimum absolute atomic E-state index is 0.00533. The van der Waals surface area contributed by atoms with Crippen molar-refractivity contribution in [2.75, 3.05) is 12.0 Å². The number of carbonyl (C=O) groups excluding carboxylic acids is 3. The summed E-state index contributed by atoms with van der Waals surface area (Å²) in [4.78, 5) is 42.6. The molecule has 0 N–H and O–H groups in total. The first kappa shape index (κ1) is 25.8. The Morgan fingerprint density at radius 2 is 1.88 bits per heavy atom. The first-order valence-electron chi connectivity index (χ1n) is 11.2. The van der Waals surface area contributed by atoms with Crippen molar-refractivity contribution < 1.29 is 28.2 Å². The van der Waals surface area contributed by atoms with Gasteiger partial charge in [0.25, 0.3) is 0 Å². The maximum absolute atomic E-state index is 15.2. The van der Waals surface area contributed by atoms with Crippen LogP contribution in [0.4, 0.5) is 10.1 Å². The molecule has 1 aromatic heterocycles. The van der Waals surface area contributed by atoms with E-state index in [0.29, 0.717) is 22.2 Å². The van der Waals surface area contributed by atoms with E-state index in [-0.39, 0.29) is 40.7 Å². The molecule has 1 saturated carbocycles. The molecule has 1 aliphatic rings. The molecule has 1 fully saturated rings. The topological polar surface area (TPSA) is 85.8 Å². The molecule has 0 radical (unpaired) electrons. The normalized spacial score (nSPS) is 17.9. The van der Waals surface area contributed by atoms with Crippen molar-refractivity contribution in [2.45, 2.75) is 52.5 Å². The van der Waals surface area contributed by atoms with Gasteiger partial charge < -0.3 is 14.4 Å². The predicted octanol–water partition coefficient (Wildman–Crippen LogP) is 5.94. The smallest absolute Gasteiger partial charge is 0.340 e. The average molecular weight is 535 g/mol. The molecule has 9 heteroatoms. The first-order valence-corrected chi connectivity index (χ1v) is 12.0. The van der Waals surface area contributed by atoms with E-state index in [9.17, 15) is 14.4 Å². The van der Waals surface area contributed by atoms with Crippen LogP contribution in [-0.4, -0.2) is 36.3 Å². The van der Waals surface area contributed by atoms with Crippen molar-refractivity contribution in [3.63, 3.8) is 0 Å². The van der Waals surface area contributed by atoms with Gasteiger partial charge in [-0.3, -0.25) is 9.59 Å². The summed E-state index contributed by atoms with van der Waals surface area (Å²) in [6.45, 7) is 5.81. The average Bonchev–Trinajstić information content (AvgIpc) is 2.81. The molecule has 1 heterocycles. The molecule has 0 unspecified atom stereocenters. The molecule has 3 rings (SSSR count). The molecule has 0 bridgehead atoms. The zero-order chi connectivity index (χ0) is 25.0. The Kier molecular flexibility index (Phi) is 8.41. The highest BCUT2D eigenvalue weighted by Gasteiger charge is 2.33. The number of nitrogens with zero attached hydrogens (tertiary/aromatic N) is 2. The second-order valence-corrected chi connectivity index (χ2v) is 9.68. The van der Waals surface area contributed by atoms with E-state index in [2.05, 4.69) is 27.8 Å². The number of hydrogen-bond acceptors (Lipinski definition) is 6. The van der Waals surface area contributed by atoms with Crippen LogP contribution in [0.25, 0.3) is 0 Å². The van der Waals surface area contributed by atoms with Crippen molar-refractivity contribution >= 4 is 39.8 Å². The number of ether oxygens (including phenoxy) is 2. The summed E-state index contributed by atoms with van der Waals surface area (Å²) in [5.74, 6) is -1.48. The van der Waals surface area contributed by atoms with Crippen LogP contribution in [0, 0.1) is 17.7 Å². The van der Waals surface area contributed by atoms with Gasteiger partial charge in [-0.2, -0.15) is 0 Å². The van der Waals surface area contributed by atoms with Gasteiger partial charge in [-0.15, -0.1) is 0 Å². The molecule has 0 atom stereocenters. The molecule has 0 aliphatic heterocycles. The van der Waals surface area contributed by atoms with Gasteiger partial charge in [-0.05, 0) is 67.4 Å². The van der Waals surface area contributed by atoms with E-state index in [1.807, 2.05) is 13.8 Å². The molecule has 1 aromatic carbocycles. The number of anilines is 1. The number of methoxy groups -OCH3 is 1. The lowest BCUT2D eigenvalue weighted by atomic mass is 9.82. The highest BCUT2D eigenvalue weighted by molar-refractivity contribution is 9.10. The summed E-state index contributed by atoms with van der Waals surface area (Å²) in [7, 11) is 1.22. The lowest BCUT2D eigenvalue weighted by molar-refractivity contribution is -0.123. The van der Waals surface area contributed by atoms with Crippen molar-refractivity contribution in [3.05, 3.63) is 45.8 Å². The lowest BCUT2D eigenvalue weighted by Gasteiger charge is -2.34. The maximum Gasteiger partial charge on any atom is 0.340 e. The van der Waals surface area contributed by atoms with Gasteiger partial charge in [0.05, 0.1) is 22.8 Å². The van der Waals surface area contributed by atoms with E-state index in [0.717, 1.165) is 31.7 Å². The van der Waals surface area contributed by atoms with Crippen molar-refractivity contribution in [2.24, 2.45) is 11.8 Å². The molecule has 1 amide bonds. The zero-order valence-corrected chi connectivity index (χ0v) is 21.2. The van der Waals surface area contributed by atoms with E-state index in [1.54, 1.807) is 0 Å². The summed E-state index contributed by atoms with van der Waals surface area (Å²) in [6.07, 6.45) is 5.34. The third kappa shape index (κ3) is 5.63. The predicted molar refractivity (Wildman–Crippen MR) is 129 cm³/mol. The Morgan fingerprint density at radius 3 is 2.44 bits per heavy atom. The Balaban J connectivity index is 2.02. The van der Waals surface area contributed by atoms with Crippen molar-refractivity contribution in [3.8, 4) is 11.6 Å². The Labute approximate surface area is 206 Å². The van der Waals surface area contributed by atoms with E-state index in [4.69, 9.17) is 9.47 Å². The van der Waals surface area contributed by atoms with E-state index in [1.165, 1.54) is 30.3 Å². The second kappa shape index (κ2) is 11.1. The number of hydrogen-bond donors (Lipinski definition) is 0. The number of amides is 1. The Bertz CT molecular complexity index is 1080. The Hall–Kier alpha value is -2.81. The van der Waals surface area contributed by atoms with Crippen molar-refractivity contribution in [1.29, 1.82) is 0 Å². The number of carbonyl (C=O) groups is 3. The summed E-state index contributed by atoms with van der Waals surface area (Å²) >= 11 is 3.24. The highest BCUT2D eigenvalue weighted by Crippen LogP contribution is 2.37. The molecule has 1 aliphatic carbocycles. The number of rotatable bonds is 7. The molecule has 0 saturated heterocycles. The molecular formula is C25H28BrFN2O5. The molecule has 7 nitrogen and oxygen atoms in total. The Morgan fingerprint density at radius 1 is 1.21 bits per heavy atom. The number of pyridine rings is 1. The minimum atomic E-state index is -0.772. The number of aldehydes is 1. The van der Waals surface area contributed by atoms with Crippen LogP contribution < -0.4 is 9.64 Å². The minimum Gasteiger partial charge on any atom is -0.465 e. The van der Waals surface area contributed by atoms with Gasteiger partial charge in [0.2, 0.25) is 11.8 Å². The van der Waals surface area contributed by atoms with E-state index >= 15 is 4.39 Å². The van der Waals surface area contributed by atoms with Crippen LogP contribution in [0.5, 0.6) is 11.6 Å². The van der Waals surface area contributed by atoms with Crippen molar-refractivity contribution in [1.82, 2.24) is 4.98 Å². The van der Waals surface area contributed by atoms with Gasteiger partial charge in [-0.1, -0.05) is 6.92 Å². The number of aromatic nitrogens is 1. The molecule has 182 valence electrons. The third-order valence-corrected chi connectivity index (χ3v) is 6.57. The zero-order valence-electron chi connectivity index (χ0n) is 19.6. The summed E-state index contributed by atoms with van der Waals surface area (Å²) in [5.41, 5.74) is 0.456. The third-order valence-electron chi connectivity index (χ3n) is 6.01. The highest BCUT2D eigenvalue weighted by atomic mass is 79.9. The van der Waals surface area contributed by atoms with E-state index < -0.39 is 11.8 Å². The monoisotopic (exact) mass is 534 g/mol. The fourth-order valence-corrected chi connectivity index (χ4v) is 4.58. The lowest BCUT2D eigenvalue weighted by Crippen LogP contribution is -2.43.